The highest BCUT2D eigenvalue weighted by Gasteiger charge is 2.19. The fraction of sp³-hybridized carbons (Fsp3) is 0.712. The van der Waals surface area contributed by atoms with E-state index < -0.39 is 6.10 Å². The third-order valence-electron chi connectivity index (χ3n) is 12.8. The number of allylic oxidation sites excluding steroid dienone is 16. The summed E-state index contributed by atoms with van der Waals surface area (Å²) in [5, 5.41) is 0. The van der Waals surface area contributed by atoms with E-state index in [-0.39, 0.29) is 31.1 Å². The first-order valence-corrected chi connectivity index (χ1v) is 30.2. The van der Waals surface area contributed by atoms with Crippen LogP contribution in [0.1, 0.15) is 284 Å². The lowest BCUT2D eigenvalue weighted by atomic mass is 10.0. The molecule has 6 nitrogen and oxygen atoms in total. The van der Waals surface area contributed by atoms with Crippen LogP contribution in [0.5, 0.6) is 0 Å². The summed E-state index contributed by atoms with van der Waals surface area (Å²) in [5.41, 5.74) is 0. The maximum absolute atomic E-state index is 12.9. The number of rotatable bonds is 54. The van der Waals surface area contributed by atoms with Gasteiger partial charge in [-0.3, -0.25) is 14.4 Å². The number of carbonyl (C=O) groups is 3. The van der Waals surface area contributed by atoms with E-state index in [9.17, 15) is 14.4 Å². The molecule has 0 radical (unpaired) electrons. The standard InChI is InChI=1S/C66H112O6/c1-4-7-10-13-16-19-22-25-28-30-31-32-33-34-35-36-39-41-44-47-50-53-56-59-65(68)71-62-63(61-70-64(67)58-55-52-49-46-43-40-37-27-24-21-18-15-12-9-6-3)72-66(69)60-57-54-51-48-45-42-38-29-26-23-20-17-14-11-8-5-2/h7,10,16,18-19,21,25,27-28,31-32,34-35,37,39,41,63H,4-6,8-9,11-15,17,20,22-24,26,29-30,33,36,38,40,42-62H2,1-3H3/b10-7-,19-16-,21-18-,28-25-,32-31-,35-34-,37-27-,41-39-. The van der Waals surface area contributed by atoms with Crippen LogP contribution in [0.2, 0.25) is 0 Å². The largest absolute Gasteiger partial charge is 0.462 e. The summed E-state index contributed by atoms with van der Waals surface area (Å²) in [6, 6.07) is 0. The molecule has 0 aliphatic carbocycles. The molecule has 0 aromatic rings. The molecule has 1 atom stereocenters. The van der Waals surface area contributed by atoms with Gasteiger partial charge in [0.25, 0.3) is 0 Å². The Labute approximate surface area is 445 Å². The number of unbranched alkanes of at least 4 members (excludes halogenated alkanes) is 27. The second-order valence-corrected chi connectivity index (χ2v) is 19.9. The van der Waals surface area contributed by atoms with E-state index in [0.717, 1.165) is 135 Å². The first-order chi connectivity index (χ1) is 35.5. The Morgan fingerprint density at radius 2 is 0.542 bits per heavy atom. The van der Waals surface area contributed by atoms with Gasteiger partial charge in [-0.25, -0.2) is 0 Å². The second-order valence-electron chi connectivity index (χ2n) is 19.9. The highest BCUT2D eigenvalue weighted by Crippen LogP contribution is 2.16. The van der Waals surface area contributed by atoms with Crippen molar-refractivity contribution in [2.45, 2.75) is 290 Å². The van der Waals surface area contributed by atoms with Gasteiger partial charge in [0.1, 0.15) is 13.2 Å². The average Bonchev–Trinajstić information content (AvgIpc) is 3.38. The van der Waals surface area contributed by atoms with Gasteiger partial charge in [0.05, 0.1) is 0 Å². The van der Waals surface area contributed by atoms with Gasteiger partial charge in [-0.05, 0) is 103 Å². The maximum Gasteiger partial charge on any atom is 0.306 e. The van der Waals surface area contributed by atoms with E-state index in [0.29, 0.717) is 19.3 Å². The summed E-state index contributed by atoms with van der Waals surface area (Å²) >= 11 is 0. The quantitative estimate of drug-likeness (QED) is 0.0261. The van der Waals surface area contributed by atoms with Gasteiger partial charge in [0.15, 0.2) is 6.10 Å². The highest BCUT2D eigenvalue weighted by molar-refractivity contribution is 5.71. The molecule has 0 aliphatic rings. The Morgan fingerprint density at radius 3 is 0.875 bits per heavy atom. The van der Waals surface area contributed by atoms with Gasteiger partial charge in [-0.15, -0.1) is 0 Å². The van der Waals surface area contributed by atoms with Crippen molar-refractivity contribution >= 4 is 17.9 Å². The molecule has 0 amide bonds. The summed E-state index contributed by atoms with van der Waals surface area (Å²) in [7, 11) is 0. The predicted octanol–water partition coefficient (Wildman–Crippen LogP) is 20.5. The molecule has 0 aromatic heterocycles. The van der Waals surface area contributed by atoms with Gasteiger partial charge < -0.3 is 14.2 Å². The number of ether oxygens (including phenoxy) is 3. The zero-order chi connectivity index (χ0) is 52.2. The Balaban J connectivity index is 4.43. The van der Waals surface area contributed by atoms with Crippen LogP contribution in [-0.2, 0) is 28.6 Å². The molecule has 412 valence electrons. The van der Waals surface area contributed by atoms with Crippen molar-refractivity contribution < 1.29 is 28.6 Å². The van der Waals surface area contributed by atoms with Gasteiger partial charge in [-0.2, -0.15) is 0 Å². The van der Waals surface area contributed by atoms with Gasteiger partial charge in [0, 0.05) is 19.3 Å². The Bertz CT molecular complexity index is 1430. The molecule has 0 aromatic carbocycles. The lowest BCUT2D eigenvalue weighted by molar-refractivity contribution is -0.167. The Morgan fingerprint density at radius 1 is 0.292 bits per heavy atom. The molecule has 0 N–H and O–H groups in total. The van der Waals surface area contributed by atoms with Crippen LogP contribution in [0, 0.1) is 0 Å². The normalized spacial score (nSPS) is 12.8. The summed E-state index contributed by atoms with van der Waals surface area (Å²) in [4.78, 5) is 38.2. The van der Waals surface area contributed by atoms with Crippen molar-refractivity contribution in [1.82, 2.24) is 0 Å². The highest BCUT2D eigenvalue weighted by atomic mass is 16.6. The first kappa shape index (κ1) is 68.3. The molecule has 0 saturated heterocycles. The SMILES string of the molecule is CC/C=C\C/C=C\C/C=C\C/C=C\C/C=C\C/C=C\CCCCCCC(=O)OCC(COC(=O)CCCCCCC/C=C\C/C=C\CCCCC)OC(=O)CCCCCCCCCCCCCCCCCC. The van der Waals surface area contributed by atoms with Crippen LogP contribution in [0.3, 0.4) is 0 Å². The second kappa shape index (κ2) is 59.9. The zero-order valence-electron chi connectivity index (χ0n) is 47.2. The van der Waals surface area contributed by atoms with Crippen LogP contribution in [0.4, 0.5) is 0 Å². The van der Waals surface area contributed by atoms with E-state index in [1.807, 2.05) is 0 Å². The minimum atomic E-state index is -0.794. The summed E-state index contributed by atoms with van der Waals surface area (Å²) in [5.74, 6) is -0.921. The molecular weight excluding hydrogens is 889 g/mol. The molecule has 0 spiro atoms. The van der Waals surface area contributed by atoms with E-state index in [4.69, 9.17) is 14.2 Å². The van der Waals surface area contributed by atoms with Crippen molar-refractivity contribution in [3.8, 4) is 0 Å². The molecule has 1 unspecified atom stereocenters. The van der Waals surface area contributed by atoms with E-state index in [1.165, 1.54) is 109 Å². The number of hydrogen-bond donors (Lipinski definition) is 0. The van der Waals surface area contributed by atoms with Crippen molar-refractivity contribution in [3.05, 3.63) is 97.2 Å². The predicted molar refractivity (Wildman–Crippen MR) is 311 cm³/mol. The smallest absolute Gasteiger partial charge is 0.306 e. The number of esters is 3. The van der Waals surface area contributed by atoms with Crippen LogP contribution < -0.4 is 0 Å². The minimum Gasteiger partial charge on any atom is -0.462 e. The monoisotopic (exact) mass is 1000 g/mol. The molecule has 0 fully saturated rings. The van der Waals surface area contributed by atoms with Crippen molar-refractivity contribution in [2.75, 3.05) is 13.2 Å². The van der Waals surface area contributed by atoms with E-state index in [2.05, 4.69) is 118 Å². The topological polar surface area (TPSA) is 78.9 Å². The van der Waals surface area contributed by atoms with Crippen LogP contribution in [0.15, 0.2) is 97.2 Å². The molecule has 0 heterocycles. The first-order valence-electron chi connectivity index (χ1n) is 30.2. The summed E-state index contributed by atoms with van der Waals surface area (Å²) < 4.78 is 16.9. The molecule has 0 aliphatic heterocycles. The molecule has 0 rings (SSSR count). The third kappa shape index (κ3) is 57.2. The van der Waals surface area contributed by atoms with Gasteiger partial charge in [-0.1, -0.05) is 259 Å². The molecule has 0 bridgehead atoms. The summed E-state index contributed by atoms with van der Waals surface area (Å²) in [6.45, 7) is 6.49. The Kier molecular flexibility index (Phi) is 56.8. The minimum absolute atomic E-state index is 0.0916. The van der Waals surface area contributed by atoms with E-state index >= 15 is 0 Å². The lowest BCUT2D eigenvalue weighted by Gasteiger charge is -2.18. The maximum atomic E-state index is 12.9. The van der Waals surface area contributed by atoms with Crippen molar-refractivity contribution in [2.24, 2.45) is 0 Å². The zero-order valence-corrected chi connectivity index (χ0v) is 47.2. The fourth-order valence-corrected chi connectivity index (χ4v) is 8.30. The number of carbonyl (C=O) groups excluding carboxylic acids is 3. The van der Waals surface area contributed by atoms with Crippen molar-refractivity contribution in [3.63, 3.8) is 0 Å². The van der Waals surface area contributed by atoms with Crippen LogP contribution >= 0.6 is 0 Å². The van der Waals surface area contributed by atoms with Gasteiger partial charge in [0.2, 0.25) is 0 Å². The Hall–Kier alpha value is -3.67. The molecule has 72 heavy (non-hydrogen) atoms. The van der Waals surface area contributed by atoms with Crippen molar-refractivity contribution in [1.29, 1.82) is 0 Å². The van der Waals surface area contributed by atoms with Crippen LogP contribution in [0.25, 0.3) is 0 Å². The third-order valence-corrected chi connectivity index (χ3v) is 12.8. The average molecular weight is 1000 g/mol. The van der Waals surface area contributed by atoms with E-state index in [1.54, 1.807) is 0 Å². The fourth-order valence-electron chi connectivity index (χ4n) is 8.30. The molecule has 0 saturated carbocycles. The number of hydrogen-bond acceptors (Lipinski definition) is 6. The molecule has 6 heteroatoms. The lowest BCUT2D eigenvalue weighted by Crippen LogP contribution is -2.30. The van der Waals surface area contributed by atoms with Crippen LogP contribution in [-0.4, -0.2) is 37.2 Å². The van der Waals surface area contributed by atoms with Gasteiger partial charge >= 0.3 is 17.9 Å². The summed E-state index contributed by atoms with van der Waals surface area (Å²) in [6.07, 6.45) is 79.7. The molecular formula is C66H112O6.